The Morgan fingerprint density at radius 2 is 1.15 bits per heavy atom. The van der Waals surface area contributed by atoms with Crippen molar-refractivity contribution in [3.8, 4) is 44.9 Å². The molecule has 9 aromatic carbocycles. The normalized spacial score (nSPS) is 12.9. The lowest BCUT2D eigenvalue weighted by Gasteiger charge is -2.27. The zero-order chi connectivity index (χ0) is 40.7. The molecule has 0 atom stereocenters. The second kappa shape index (κ2) is 13.6. The van der Waals surface area contributed by atoms with E-state index in [0.717, 1.165) is 77.9 Å². The van der Waals surface area contributed by atoms with Crippen LogP contribution in [0.15, 0.2) is 205 Å². The van der Waals surface area contributed by atoms with Crippen LogP contribution in [-0.2, 0) is 5.41 Å². The van der Waals surface area contributed by atoms with Gasteiger partial charge in [-0.25, -0.2) is 9.97 Å². The van der Waals surface area contributed by atoms with Crippen LogP contribution in [-0.4, -0.2) is 9.97 Å². The third-order valence-electron chi connectivity index (χ3n) is 12.7. The maximum absolute atomic E-state index is 7.01. The van der Waals surface area contributed by atoms with Crippen LogP contribution in [0.25, 0.3) is 88.5 Å². The van der Waals surface area contributed by atoms with Gasteiger partial charge >= 0.3 is 0 Å². The van der Waals surface area contributed by atoms with Gasteiger partial charge in [-0.2, -0.15) is 0 Å². The van der Waals surface area contributed by atoms with Gasteiger partial charge in [-0.3, -0.25) is 0 Å². The summed E-state index contributed by atoms with van der Waals surface area (Å²) in [5.74, 6) is 0.649. The van der Waals surface area contributed by atoms with E-state index >= 15 is 0 Å². The van der Waals surface area contributed by atoms with E-state index in [-0.39, 0.29) is 5.41 Å². The molecule has 0 unspecified atom stereocenters. The monoisotopic (exact) mass is 781 g/mol. The lowest BCUT2D eigenvalue weighted by molar-refractivity contribution is 0.660. The van der Waals surface area contributed by atoms with E-state index in [2.05, 4.69) is 207 Å². The summed E-state index contributed by atoms with van der Waals surface area (Å²) < 4.78 is 7.01. The molecule has 288 valence electrons. The molecule has 0 saturated carbocycles. The average Bonchev–Trinajstić information content (AvgIpc) is 3.81. The van der Waals surface area contributed by atoms with E-state index < -0.39 is 0 Å². The second-order valence-electron chi connectivity index (χ2n) is 16.6. The van der Waals surface area contributed by atoms with Crippen LogP contribution < -0.4 is 4.90 Å². The molecule has 0 fully saturated rings. The lowest BCUT2D eigenvalue weighted by Crippen LogP contribution is -2.15. The molecule has 2 heterocycles. The smallest absolute Gasteiger partial charge is 0.161 e. The van der Waals surface area contributed by atoms with Crippen LogP contribution in [0.3, 0.4) is 0 Å². The van der Waals surface area contributed by atoms with Gasteiger partial charge < -0.3 is 9.32 Å². The molecule has 0 aliphatic heterocycles. The minimum absolute atomic E-state index is 0.104. The Balaban J connectivity index is 1.10. The van der Waals surface area contributed by atoms with Gasteiger partial charge in [0.05, 0.1) is 16.9 Å². The van der Waals surface area contributed by atoms with Crippen molar-refractivity contribution < 1.29 is 4.42 Å². The van der Waals surface area contributed by atoms with Gasteiger partial charge in [0.1, 0.15) is 5.58 Å². The number of para-hydroxylation sites is 2. The first-order valence-corrected chi connectivity index (χ1v) is 20.9. The number of anilines is 3. The molecule has 61 heavy (non-hydrogen) atoms. The predicted molar refractivity (Wildman–Crippen MR) is 253 cm³/mol. The third-order valence-corrected chi connectivity index (χ3v) is 12.7. The van der Waals surface area contributed by atoms with E-state index in [1.165, 1.54) is 33.0 Å². The standard InChI is InChI=1S/C57H39N3O/c1-57(2)48-24-11-8-21-43(48)47-35-42(29-31-49(47)57)60(41-28-27-37-17-6-7-18-39(37)34-41)51-32-30-46(53-45-23-10-13-26-52(45)61-55(51)53)56-58-50-25-12-9-22-44(50)54(59-56)40-20-14-19-38(33-40)36-15-4-3-5-16-36/h3-35H,1-2H3. The van der Waals surface area contributed by atoms with Crippen LogP contribution in [0.5, 0.6) is 0 Å². The molecule has 4 nitrogen and oxygen atoms in total. The molecule has 1 aliphatic carbocycles. The highest BCUT2D eigenvalue weighted by atomic mass is 16.3. The highest BCUT2D eigenvalue weighted by Gasteiger charge is 2.36. The first-order chi connectivity index (χ1) is 30.0. The number of rotatable bonds is 6. The number of fused-ring (bicyclic) bond motifs is 8. The van der Waals surface area contributed by atoms with Gasteiger partial charge in [0.25, 0.3) is 0 Å². The second-order valence-corrected chi connectivity index (χ2v) is 16.6. The van der Waals surface area contributed by atoms with E-state index in [9.17, 15) is 0 Å². The van der Waals surface area contributed by atoms with Gasteiger partial charge in [-0.1, -0.05) is 159 Å². The van der Waals surface area contributed by atoms with Gasteiger partial charge in [0.15, 0.2) is 11.4 Å². The summed E-state index contributed by atoms with van der Waals surface area (Å²) in [7, 11) is 0. The fourth-order valence-electron chi connectivity index (χ4n) is 9.66. The first kappa shape index (κ1) is 35.2. The molecule has 0 radical (unpaired) electrons. The van der Waals surface area contributed by atoms with Gasteiger partial charge in [-0.15, -0.1) is 0 Å². The molecule has 1 aliphatic rings. The van der Waals surface area contributed by atoms with Crippen molar-refractivity contribution in [1.82, 2.24) is 9.97 Å². The fourth-order valence-corrected chi connectivity index (χ4v) is 9.66. The molecule has 0 amide bonds. The number of nitrogens with zero attached hydrogens (tertiary/aromatic N) is 3. The maximum atomic E-state index is 7.01. The van der Waals surface area contributed by atoms with Crippen molar-refractivity contribution in [1.29, 1.82) is 0 Å². The Morgan fingerprint density at radius 3 is 2.05 bits per heavy atom. The molecule has 4 heteroatoms. The van der Waals surface area contributed by atoms with Gasteiger partial charge in [0, 0.05) is 44.1 Å². The van der Waals surface area contributed by atoms with Crippen molar-refractivity contribution in [2.75, 3.05) is 4.90 Å². The molecule has 0 spiro atoms. The summed E-state index contributed by atoms with van der Waals surface area (Å²) in [5, 5.41) is 5.36. The Kier molecular flexibility index (Phi) is 7.85. The summed E-state index contributed by atoms with van der Waals surface area (Å²) in [6, 6.07) is 71.2. The molecular weight excluding hydrogens is 743 g/mol. The molecule has 0 saturated heterocycles. The highest BCUT2D eigenvalue weighted by molar-refractivity contribution is 6.17. The minimum atomic E-state index is -0.104. The summed E-state index contributed by atoms with van der Waals surface area (Å²) >= 11 is 0. The van der Waals surface area contributed by atoms with Crippen molar-refractivity contribution in [2.24, 2.45) is 0 Å². The molecule has 0 N–H and O–H groups in total. The van der Waals surface area contributed by atoms with Crippen molar-refractivity contribution in [3.63, 3.8) is 0 Å². The van der Waals surface area contributed by atoms with E-state index in [4.69, 9.17) is 14.4 Å². The number of hydrogen-bond acceptors (Lipinski definition) is 4. The summed E-state index contributed by atoms with van der Waals surface area (Å²) in [6.07, 6.45) is 0. The molecular formula is C57H39N3O. The van der Waals surface area contributed by atoms with Gasteiger partial charge in [0.2, 0.25) is 0 Å². The van der Waals surface area contributed by atoms with Crippen LogP contribution in [0.4, 0.5) is 17.1 Å². The third kappa shape index (κ3) is 5.60. The van der Waals surface area contributed by atoms with Crippen molar-refractivity contribution >= 4 is 60.7 Å². The average molecular weight is 782 g/mol. The largest absolute Gasteiger partial charge is 0.454 e. The number of aromatic nitrogens is 2. The van der Waals surface area contributed by atoms with Gasteiger partial charge in [-0.05, 0) is 98.8 Å². The Labute approximate surface area is 354 Å². The fraction of sp³-hybridized carbons (Fsp3) is 0.0526. The van der Waals surface area contributed by atoms with Crippen LogP contribution in [0.1, 0.15) is 25.0 Å². The first-order valence-electron chi connectivity index (χ1n) is 20.9. The van der Waals surface area contributed by atoms with Crippen LogP contribution in [0, 0.1) is 0 Å². The topological polar surface area (TPSA) is 42.2 Å². The zero-order valence-corrected chi connectivity index (χ0v) is 33.8. The van der Waals surface area contributed by atoms with Crippen LogP contribution >= 0.6 is 0 Å². The Hall–Kier alpha value is -7.82. The highest BCUT2D eigenvalue weighted by Crippen LogP contribution is 2.52. The summed E-state index contributed by atoms with van der Waals surface area (Å²) in [5.41, 5.74) is 15.8. The zero-order valence-electron chi connectivity index (χ0n) is 33.8. The maximum Gasteiger partial charge on any atom is 0.161 e. The SMILES string of the molecule is CC1(C)c2ccccc2-c2cc(N(c3ccc4ccccc4c3)c3ccc(-c4nc(-c5cccc(-c6ccccc6)c5)c5ccccc5n4)c4c3oc3ccccc34)ccc21. The molecule has 12 rings (SSSR count). The van der Waals surface area contributed by atoms with E-state index in [1.807, 2.05) is 12.1 Å². The Morgan fingerprint density at radius 1 is 0.459 bits per heavy atom. The number of hydrogen-bond donors (Lipinski definition) is 0. The van der Waals surface area contributed by atoms with E-state index in [1.54, 1.807) is 0 Å². The summed E-state index contributed by atoms with van der Waals surface area (Å²) in [6.45, 7) is 4.66. The van der Waals surface area contributed by atoms with Crippen molar-refractivity contribution in [2.45, 2.75) is 19.3 Å². The van der Waals surface area contributed by atoms with E-state index in [0.29, 0.717) is 5.82 Å². The number of benzene rings is 9. The number of furan rings is 1. The Bertz CT molecular complexity index is 3530. The predicted octanol–water partition coefficient (Wildman–Crippen LogP) is 15.5. The molecule has 0 bridgehead atoms. The molecule has 11 aromatic rings. The minimum Gasteiger partial charge on any atom is -0.454 e. The lowest BCUT2D eigenvalue weighted by atomic mass is 9.82. The molecule has 2 aromatic heterocycles. The summed E-state index contributed by atoms with van der Waals surface area (Å²) in [4.78, 5) is 13.1. The van der Waals surface area contributed by atoms with Crippen molar-refractivity contribution in [3.05, 3.63) is 211 Å². The van der Waals surface area contributed by atoms with Crippen LogP contribution in [0.2, 0.25) is 0 Å². The quantitative estimate of drug-likeness (QED) is 0.168.